The number of fused-ring (bicyclic) bond motifs is 11. The van der Waals surface area contributed by atoms with Gasteiger partial charge in [-0.2, -0.15) is 0 Å². The molecule has 7 aromatic carbocycles. The number of benzene rings is 7. The Labute approximate surface area is 304 Å². The first-order valence-electron chi connectivity index (χ1n) is 18.0. The molecule has 0 amide bonds. The lowest BCUT2D eigenvalue weighted by Crippen LogP contribution is -2.27. The largest absolute Gasteiger partial charge is 0.314 e. The SMILES string of the molecule is C=c1/c(=C\C=C(/C)N(c2ccccc2)c2ccc3c(c2)-c2ccccc2C32c3ccccc3-c3ccccc32)n(-c2ccccc2)c2ccccc12. The Morgan fingerprint density at radius 2 is 1.06 bits per heavy atom. The predicted octanol–water partition coefficient (Wildman–Crippen LogP) is 10.9. The molecule has 0 saturated heterocycles. The van der Waals surface area contributed by atoms with Crippen molar-refractivity contribution in [3.05, 3.63) is 221 Å². The minimum absolute atomic E-state index is 0.358. The zero-order valence-corrected chi connectivity index (χ0v) is 29.0. The highest BCUT2D eigenvalue weighted by Crippen LogP contribution is 2.63. The van der Waals surface area contributed by atoms with Gasteiger partial charge >= 0.3 is 0 Å². The average molecular weight is 665 g/mol. The molecular formula is C50H36N2. The molecule has 8 aromatic rings. The van der Waals surface area contributed by atoms with Gasteiger partial charge in [-0.3, -0.25) is 0 Å². The molecule has 246 valence electrons. The fraction of sp³-hybridized carbons (Fsp3) is 0.0400. The van der Waals surface area contributed by atoms with Crippen molar-refractivity contribution in [2.24, 2.45) is 0 Å². The number of hydrogen-bond donors (Lipinski definition) is 0. The second-order valence-corrected chi connectivity index (χ2v) is 13.8. The van der Waals surface area contributed by atoms with Crippen LogP contribution >= 0.6 is 0 Å². The smallest absolute Gasteiger partial charge is 0.0725 e. The topological polar surface area (TPSA) is 8.17 Å². The quantitative estimate of drug-likeness (QED) is 0.178. The third-order valence-electron chi connectivity index (χ3n) is 11.1. The summed E-state index contributed by atoms with van der Waals surface area (Å²) in [5.41, 5.74) is 15.9. The van der Waals surface area contributed by atoms with E-state index in [1.807, 2.05) is 0 Å². The Bertz CT molecular complexity index is 2780. The third kappa shape index (κ3) is 4.25. The molecule has 2 aliphatic carbocycles. The van der Waals surface area contributed by atoms with Crippen molar-refractivity contribution in [2.75, 3.05) is 4.90 Å². The maximum absolute atomic E-state index is 4.57. The van der Waals surface area contributed by atoms with Gasteiger partial charge in [0.1, 0.15) is 0 Å². The summed E-state index contributed by atoms with van der Waals surface area (Å²) in [6, 6.07) is 63.9. The summed E-state index contributed by atoms with van der Waals surface area (Å²) in [4.78, 5) is 2.37. The first-order valence-corrected chi connectivity index (χ1v) is 18.0. The molecule has 2 heteroatoms. The van der Waals surface area contributed by atoms with E-state index in [2.05, 4.69) is 211 Å². The second kappa shape index (κ2) is 11.7. The minimum atomic E-state index is -0.358. The van der Waals surface area contributed by atoms with Crippen LogP contribution in [0.25, 0.3) is 51.5 Å². The van der Waals surface area contributed by atoms with Gasteiger partial charge in [0.25, 0.3) is 0 Å². The summed E-state index contributed by atoms with van der Waals surface area (Å²) in [5, 5.41) is 3.25. The van der Waals surface area contributed by atoms with Gasteiger partial charge in [0, 0.05) is 33.4 Å². The van der Waals surface area contributed by atoms with Gasteiger partial charge in [-0.05, 0) is 106 Å². The summed E-state index contributed by atoms with van der Waals surface area (Å²) >= 11 is 0. The normalized spacial score (nSPS) is 13.9. The summed E-state index contributed by atoms with van der Waals surface area (Å²) in [6.07, 6.45) is 4.46. The number of rotatable bonds is 5. The van der Waals surface area contributed by atoms with E-state index in [0.29, 0.717) is 0 Å². The van der Waals surface area contributed by atoms with Gasteiger partial charge in [-0.1, -0.05) is 140 Å². The van der Waals surface area contributed by atoms with Gasteiger partial charge in [-0.25, -0.2) is 0 Å². The Balaban J connectivity index is 1.18. The molecule has 52 heavy (non-hydrogen) atoms. The van der Waals surface area contributed by atoms with E-state index in [1.165, 1.54) is 44.5 Å². The highest BCUT2D eigenvalue weighted by Gasteiger charge is 2.51. The van der Waals surface area contributed by atoms with Gasteiger partial charge in [0.2, 0.25) is 0 Å². The fourth-order valence-corrected chi connectivity index (χ4v) is 8.99. The predicted molar refractivity (Wildman–Crippen MR) is 218 cm³/mol. The van der Waals surface area contributed by atoms with Crippen molar-refractivity contribution in [1.82, 2.24) is 4.57 Å². The minimum Gasteiger partial charge on any atom is -0.314 e. The molecule has 1 aromatic heterocycles. The molecule has 0 unspecified atom stereocenters. The summed E-state index contributed by atoms with van der Waals surface area (Å²) in [5.74, 6) is 0. The summed E-state index contributed by atoms with van der Waals surface area (Å²) < 4.78 is 2.32. The lowest BCUT2D eigenvalue weighted by Gasteiger charge is -2.31. The zero-order valence-electron chi connectivity index (χ0n) is 29.0. The molecule has 0 saturated carbocycles. The molecule has 0 N–H and O–H groups in total. The molecule has 1 heterocycles. The maximum atomic E-state index is 4.57. The van der Waals surface area contributed by atoms with Crippen LogP contribution in [0.1, 0.15) is 29.2 Å². The molecule has 0 atom stereocenters. The van der Waals surface area contributed by atoms with Crippen molar-refractivity contribution < 1.29 is 0 Å². The first-order chi connectivity index (χ1) is 25.7. The third-order valence-corrected chi connectivity index (χ3v) is 11.1. The van der Waals surface area contributed by atoms with Gasteiger partial charge in [-0.15, -0.1) is 0 Å². The van der Waals surface area contributed by atoms with E-state index in [9.17, 15) is 0 Å². The van der Waals surface area contributed by atoms with Crippen LogP contribution in [0.4, 0.5) is 11.4 Å². The van der Waals surface area contributed by atoms with Crippen molar-refractivity contribution in [3.63, 3.8) is 0 Å². The molecular weight excluding hydrogens is 629 g/mol. The van der Waals surface area contributed by atoms with Crippen LogP contribution in [-0.4, -0.2) is 4.57 Å². The Morgan fingerprint density at radius 3 is 1.71 bits per heavy atom. The van der Waals surface area contributed by atoms with Crippen LogP contribution in [0.2, 0.25) is 0 Å². The maximum Gasteiger partial charge on any atom is 0.0725 e. The second-order valence-electron chi connectivity index (χ2n) is 13.8. The van der Waals surface area contributed by atoms with E-state index in [0.717, 1.165) is 44.2 Å². The molecule has 10 rings (SSSR count). The molecule has 0 radical (unpaired) electrons. The van der Waals surface area contributed by atoms with Crippen molar-refractivity contribution in [3.8, 4) is 27.9 Å². The first kappa shape index (κ1) is 30.2. The van der Waals surface area contributed by atoms with E-state index >= 15 is 0 Å². The summed E-state index contributed by atoms with van der Waals surface area (Å²) in [6.45, 7) is 6.77. The highest BCUT2D eigenvalue weighted by atomic mass is 15.1. The summed E-state index contributed by atoms with van der Waals surface area (Å²) in [7, 11) is 0. The van der Waals surface area contributed by atoms with Crippen LogP contribution < -0.4 is 15.5 Å². The van der Waals surface area contributed by atoms with E-state index in [1.54, 1.807) is 0 Å². The lowest BCUT2D eigenvalue weighted by atomic mass is 9.70. The van der Waals surface area contributed by atoms with E-state index in [4.69, 9.17) is 0 Å². The Hall–Kier alpha value is -6.64. The molecule has 0 bridgehead atoms. The van der Waals surface area contributed by atoms with Gasteiger partial charge in [0.15, 0.2) is 0 Å². The van der Waals surface area contributed by atoms with Crippen molar-refractivity contribution in [1.29, 1.82) is 0 Å². The number of allylic oxidation sites excluding steroid dienone is 2. The molecule has 0 fully saturated rings. The molecule has 0 aliphatic heterocycles. The van der Waals surface area contributed by atoms with Crippen molar-refractivity contribution >= 4 is 34.9 Å². The van der Waals surface area contributed by atoms with Gasteiger partial charge < -0.3 is 9.47 Å². The number of para-hydroxylation sites is 3. The average Bonchev–Trinajstić information content (AvgIpc) is 3.79. The Morgan fingerprint density at radius 1 is 0.538 bits per heavy atom. The monoisotopic (exact) mass is 664 g/mol. The number of anilines is 2. The zero-order chi connectivity index (χ0) is 34.8. The van der Waals surface area contributed by atoms with Crippen molar-refractivity contribution in [2.45, 2.75) is 12.3 Å². The van der Waals surface area contributed by atoms with Crippen LogP contribution in [0.3, 0.4) is 0 Å². The highest BCUT2D eigenvalue weighted by molar-refractivity contribution is 5.96. The molecule has 2 aliphatic rings. The van der Waals surface area contributed by atoms with E-state index in [-0.39, 0.29) is 5.41 Å². The van der Waals surface area contributed by atoms with Crippen LogP contribution in [0, 0.1) is 0 Å². The molecule has 1 spiro atoms. The van der Waals surface area contributed by atoms with Gasteiger partial charge in [0.05, 0.1) is 16.3 Å². The van der Waals surface area contributed by atoms with Crippen LogP contribution in [0.5, 0.6) is 0 Å². The molecule has 2 nitrogen and oxygen atoms in total. The standard InChI is InChI=1S/C50H36N2/c1-34(29-32-48-35(2)39-21-12-16-28-49(39)52(48)37-19-7-4-8-20-37)51(36-17-5-3-6-18-36)38-30-31-47-43(33-38)42-24-11-15-27-46(42)50(47)44-25-13-9-22-40(44)41-23-10-14-26-45(41)50/h3-33H,2H2,1H3/b34-29+,48-32+. The van der Waals surface area contributed by atoms with Crippen LogP contribution in [-0.2, 0) is 5.41 Å². The number of nitrogens with zero attached hydrogens (tertiary/aromatic N) is 2. The fourth-order valence-electron chi connectivity index (χ4n) is 8.99. The Kier molecular flexibility index (Phi) is 6.81. The number of hydrogen-bond acceptors (Lipinski definition) is 1. The lowest BCUT2D eigenvalue weighted by molar-refractivity contribution is 0.793. The van der Waals surface area contributed by atoms with Crippen LogP contribution in [0.15, 0.2) is 188 Å². The number of aromatic nitrogens is 1. The van der Waals surface area contributed by atoms with E-state index < -0.39 is 0 Å².